The summed E-state index contributed by atoms with van der Waals surface area (Å²) < 4.78 is 1.98. The number of amides is 1. The van der Waals surface area contributed by atoms with Gasteiger partial charge in [-0.2, -0.15) is 0 Å². The third-order valence-corrected chi connectivity index (χ3v) is 5.15. The second kappa shape index (κ2) is 6.55. The van der Waals surface area contributed by atoms with E-state index in [9.17, 15) is 4.79 Å². The van der Waals surface area contributed by atoms with Crippen LogP contribution in [0.4, 0.5) is 10.8 Å². The van der Waals surface area contributed by atoms with Crippen LogP contribution in [0.3, 0.4) is 0 Å². The number of rotatable bonds is 3. The lowest BCUT2D eigenvalue weighted by atomic mass is 10.3. The molecule has 4 aromatic rings. The highest BCUT2D eigenvalue weighted by atomic mass is 35.5. The zero-order chi connectivity index (χ0) is 18.3. The van der Waals surface area contributed by atoms with E-state index >= 15 is 0 Å². The topological polar surface area (TPSA) is 51.0 Å². The third-order valence-electron chi connectivity index (χ3n) is 4.08. The lowest BCUT2D eigenvalue weighted by Crippen LogP contribution is -2.22. The number of carbonyl (C=O) groups excluding carboxylic acids is 1. The number of aryl methyl sites for hydroxylation is 1. The van der Waals surface area contributed by atoms with E-state index < -0.39 is 0 Å². The van der Waals surface area contributed by atoms with Crippen molar-refractivity contribution in [2.24, 2.45) is 7.05 Å². The van der Waals surface area contributed by atoms with E-state index in [0.29, 0.717) is 10.2 Å². The maximum absolute atomic E-state index is 12.2. The van der Waals surface area contributed by atoms with Crippen molar-refractivity contribution in [2.45, 2.75) is 6.92 Å². The molecule has 0 saturated heterocycles. The number of aromatic nitrogens is 3. The van der Waals surface area contributed by atoms with Gasteiger partial charge >= 0.3 is 0 Å². The van der Waals surface area contributed by atoms with Gasteiger partial charge in [0.15, 0.2) is 11.0 Å². The van der Waals surface area contributed by atoms with Gasteiger partial charge in [0.2, 0.25) is 5.91 Å². The summed E-state index contributed by atoms with van der Waals surface area (Å²) in [6.07, 6.45) is 0. The van der Waals surface area contributed by atoms with Crippen molar-refractivity contribution in [3.8, 4) is 11.5 Å². The molecule has 0 bridgehead atoms. The van der Waals surface area contributed by atoms with Gasteiger partial charge in [0.05, 0.1) is 16.7 Å². The average molecular weight is 383 g/mol. The number of halogens is 1. The van der Waals surface area contributed by atoms with Crippen LogP contribution < -0.4 is 4.90 Å². The summed E-state index contributed by atoms with van der Waals surface area (Å²) in [6.45, 7) is 1.53. The number of hydrogen-bond donors (Lipinski definition) is 0. The molecule has 130 valence electrons. The van der Waals surface area contributed by atoms with Crippen molar-refractivity contribution < 1.29 is 4.79 Å². The number of fused-ring (bicyclic) bond motifs is 1. The van der Waals surface area contributed by atoms with Gasteiger partial charge in [0.25, 0.3) is 0 Å². The highest BCUT2D eigenvalue weighted by molar-refractivity contribution is 7.14. The van der Waals surface area contributed by atoms with Gasteiger partial charge in [-0.3, -0.25) is 9.69 Å². The van der Waals surface area contributed by atoms with Crippen LogP contribution in [-0.2, 0) is 11.8 Å². The van der Waals surface area contributed by atoms with Crippen molar-refractivity contribution in [3.63, 3.8) is 0 Å². The highest BCUT2D eigenvalue weighted by Crippen LogP contribution is 2.33. The second-order valence-corrected chi connectivity index (χ2v) is 7.11. The van der Waals surface area contributed by atoms with E-state index in [2.05, 4.69) is 9.97 Å². The van der Waals surface area contributed by atoms with E-state index in [1.807, 2.05) is 65.5 Å². The normalized spacial score (nSPS) is 11.0. The minimum absolute atomic E-state index is 0.0890. The summed E-state index contributed by atoms with van der Waals surface area (Å²) in [6, 6.07) is 15.1. The summed E-state index contributed by atoms with van der Waals surface area (Å²) in [7, 11) is 1.94. The van der Waals surface area contributed by atoms with Gasteiger partial charge in [0, 0.05) is 24.4 Å². The quantitative estimate of drug-likeness (QED) is 0.499. The van der Waals surface area contributed by atoms with Gasteiger partial charge in [0.1, 0.15) is 5.69 Å². The molecule has 2 aromatic heterocycles. The molecule has 26 heavy (non-hydrogen) atoms. The van der Waals surface area contributed by atoms with Gasteiger partial charge in [-0.05, 0) is 30.3 Å². The van der Waals surface area contributed by atoms with E-state index in [1.54, 1.807) is 4.90 Å². The molecule has 0 spiro atoms. The molecule has 0 radical (unpaired) electrons. The molecule has 2 heterocycles. The summed E-state index contributed by atoms with van der Waals surface area (Å²) in [5, 5.41) is 3.17. The van der Waals surface area contributed by atoms with Gasteiger partial charge in [-0.15, -0.1) is 11.3 Å². The Morgan fingerprint density at radius 1 is 1.15 bits per heavy atom. The lowest BCUT2D eigenvalue weighted by molar-refractivity contribution is -0.115. The largest absolute Gasteiger partial charge is 0.326 e. The molecule has 5 nitrogen and oxygen atoms in total. The Labute approximate surface area is 159 Å². The molecular formula is C19H15ClN4OS. The van der Waals surface area contributed by atoms with E-state index in [4.69, 9.17) is 11.6 Å². The molecule has 7 heteroatoms. The van der Waals surface area contributed by atoms with Gasteiger partial charge in [-0.1, -0.05) is 29.8 Å². The molecule has 1 amide bonds. The Morgan fingerprint density at radius 3 is 2.65 bits per heavy atom. The maximum atomic E-state index is 12.2. The number of nitrogens with zero attached hydrogens (tertiary/aromatic N) is 4. The molecule has 0 atom stereocenters. The van der Waals surface area contributed by atoms with Crippen LogP contribution in [0.25, 0.3) is 22.6 Å². The fourth-order valence-corrected chi connectivity index (χ4v) is 3.91. The monoisotopic (exact) mass is 382 g/mol. The number of benzene rings is 2. The van der Waals surface area contributed by atoms with Crippen LogP contribution in [0.5, 0.6) is 0 Å². The number of anilines is 2. The van der Waals surface area contributed by atoms with Crippen LogP contribution in [0, 0.1) is 0 Å². The smallest absolute Gasteiger partial charge is 0.230 e. The van der Waals surface area contributed by atoms with Crippen LogP contribution in [0.15, 0.2) is 53.9 Å². The number of thiazole rings is 1. The minimum Gasteiger partial charge on any atom is -0.326 e. The van der Waals surface area contributed by atoms with Crippen molar-refractivity contribution in [1.82, 2.24) is 14.5 Å². The minimum atomic E-state index is -0.0890. The van der Waals surface area contributed by atoms with Crippen LogP contribution in [0.1, 0.15) is 6.92 Å². The van der Waals surface area contributed by atoms with E-state index in [1.165, 1.54) is 18.3 Å². The number of hydrogen-bond acceptors (Lipinski definition) is 4. The van der Waals surface area contributed by atoms with Crippen LogP contribution >= 0.6 is 22.9 Å². The Kier molecular flexibility index (Phi) is 4.22. The Balaban J connectivity index is 1.78. The third kappa shape index (κ3) is 2.87. The van der Waals surface area contributed by atoms with Crippen molar-refractivity contribution >= 4 is 50.7 Å². The molecule has 0 fully saturated rings. The molecule has 4 rings (SSSR count). The average Bonchev–Trinajstić information content (AvgIpc) is 3.20. The Hall–Kier alpha value is -2.70. The fraction of sp³-hybridized carbons (Fsp3) is 0.105. The summed E-state index contributed by atoms with van der Waals surface area (Å²) in [4.78, 5) is 23.1. The second-order valence-electron chi connectivity index (χ2n) is 5.83. The maximum Gasteiger partial charge on any atom is 0.230 e. The van der Waals surface area contributed by atoms with Crippen molar-refractivity contribution in [2.75, 3.05) is 4.90 Å². The van der Waals surface area contributed by atoms with Crippen LogP contribution in [0.2, 0.25) is 5.02 Å². The molecular weight excluding hydrogens is 368 g/mol. The first-order valence-electron chi connectivity index (χ1n) is 7.98. The first-order chi connectivity index (χ1) is 12.5. The zero-order valence-corrected chi connectivity index (χ0v) is 15.8. The van der Waals surface area contributed by atoms with Crippen molar-refractivity contribution in [1.29, 1.82) is 0 Å². The number of carbonyl (C=O) groups is 1. The van der Waals surface area contributed by atoms with Crippen molar-refractivity contribution in [3.05, 3.63) is 58.9 Å². The summed E-state index contributed by atoms with van der Waals surface area (Å²) >= 11 is 7.48. The molecule has 0 aliphatic heterocycles. The lowest BCUT2D eigenvalue weighted by Gasteiger charge is -2.17. The molecule has 0 N–H and O–H groups in total. The van der Waals surface area contributed by atoms with E-state index in [-0.39, 0.29) is 5.91 Å². The Bertz CT molecular complexity index is 1100. The first-order valence-corrected chi connectivity index (χ1v) is 9.24. The SMILES string of the molecule is CC(=O)N(c1ccccc1)c1nc(-c2nc3cc(Cl)ccc3n2C)cs1. The first kappa shape index (κ1) is 16.8. The van der Waals surface area contributed by atoms with E-state index in [0.717, 1.165) is 28.2 Å². The predicted octanol–water partition coefficient (Wildman–Crippen LogP) is 5.03. The summed E-state index contributed by atoms with van der Waals surface area (Å²) in [5.41, 5.74) is 3.31. The van der Waals surface area contributed by atoms with Gasteiger partial charge in [-0.25, -0.2) is 9.97 Å². The number of para-hydroxylation sites is 1. The molecule has 0 saturated carbocycles. The molecule has 0 unspecified atom stereocenters. The standard InChI is InChI=1S/C19H15ClN4OS/c1-12(25)24(14-6-4-3-5-7-14)19-22-16(11-26-19)18-21-15-10-13(20)8-9-17(15)23(18)2/h3-11H,1-2H3. The van der Waals surface area contributed by atoms with Gasteiger partial charge < -0.3 is 4.57 Å². The fourth-order valence-electron chi connectivity index (χ4n) is 2.88. The summed E-state index contributed by atoms with van der Waals surface area (Å²) in [5.74, 6) is 0.648. The predicted molar refractivity (Wildman–Crippen MR) is 106 cm³/mol. The number of imidazole rings is 1. The molecule has 0 aliphatic carbocycles. The van der Waals surface area contributed by atoms with Crippen LogP contribution in [-0.4, -0.2) is 20.4 Å². The molecule has 2 aromatic carbocycles. The Morgan fingerprint density at radius 2 is 1.92 bits per heavy atom. The molecule has 0 aliphatic rings. The highest BCUT2D eigenvalue weighted by Gasteiger charge is 2.20. The zero-order valence-electron chi connectivity index (χ0n) is 14.2.